The van der Waals surface area contributed by atoms with E-state index in [2.05, 4.69) is 20.9 Å². The number of carbonyl (C=O) groups excluding carboxylic acids is 2. The number of esters is 1. The molecule has 0 spiro atoms. The number of benzene rings is 1. The van der Waals surface area contributed by atoms with Crippen molar-refractivity contribution in [3.63, 3.8) is 0 Å². The van der Waals surface area contributed by atoms with E-state index in [0.29, 0.717) is 18.6 Å². The smallest absolute Gasteiger partial charge is 0.315 e. The Kier molecular flexibility index (Phi) is 4.99. The van der Waals surface area contributed by atoms with Gasteiger partial charge >= 0.3 is 5.97 Å². The Morgan fingerprint density at radius 3 is 2.79 bits per heavy atom. The summed E-state index contributed by atoms with van der Waals surface area (Å²) in [6, 6.07) is 7.75. The second-order valence-corrected chi connectivity index (χ2v) is 6.97. The van der Waals surface area contributed by atoms with Crippen LogP contribution in [-0.4, -0.2) is 24.1 Å². The molecule has 1 aliphatic carbocycles. The molecule has 4 nitrogen and oxygen atoms in total. The van der Waals surface area contributed by atoms with E-state index in [4.69, 9.17) is 4.74 Å². The Bertz CT molecular complexity index is 751. The summed E-state index contributed by atoms with van der Waals surface area (Å²) in [6.07, 6.45) is 2.13. The van der Waals surface area contributed by atoms with E-state index in [1.807, 2.05) is 31.2 Å². The Labute approximate surface area is 150 Å². The minimum atomic E-state index is -0.551. The standard InChI is InChI=1S/C19H20BrNO3/c1-3-24-19(23)16-11(2)21-14-9-6-10-15(22)18(14)17(16)12-7-4-5-8-13(12)20/h4-5,7-8,16-17H,3,6,9-10H2,1-2H3/t16?,17-/m1/s1. The van der Waals surface area contributed by atoms with E-state index in [1.54, 1.807) is 6.92 Å². The fraction of sp³-hybridized carbons (Fsp3) is 0.421. The summed E-state index contributed by atoms with van der Waals surface area (Å²) in [5.41, 5.74) is 3.19. The first-order valence-electron chi connectivity index (χ1n) is 8.27. The largest absolute Gasteiger partial charge is 0.465 e. The number of nitrogens with zero attached hydrogens (tertiary/aromatic N) is 1. The number of ketones is 1. The Morgan fingerprint density at radius 1 is 1.33 bits per heavy atom. The van der Waals surface area contributed by atoms with Crippen LogP contribution in [-0.2, 0) is 14.3 Å². The van der Waals surface area contributed by atoms with E-state index in [0.717, 1.165) is 34.3 Å². The number of allylic oxidation sites excluding steroid dienone is 2. The van der Waals surface area contributed by atoms with Gasteiger partial charge in [0.1, 0.15) is 5.92 Å². The van der Waals surface area contributed by atoms with E-state index in [-0.39, 0.29) is 17.7 Å². The van der Waals surface area contributed by atoms with Crippen LogP contribution < -0.4 is 0 Å². The molecule has 1 aliphatic heterocycles. The number of aliphatic imine (C=N–C) groups is 1. The van der Waals surface area contributed by atoms with Crippen molar-refractivity contribution >= 4 is 33.4 Å². The van der Waals surface area contributed by atoms with Crippen LogP contribution in [0.3, 0.4) is 0 Å². The van der Waals surface area contributed by atoms with Crippen molar-refractivity contribution in [2.45, 2.75) is 39.0 Å². The van der Waals surface area contributed by atoms with Gasteiger partial charge in [-0.1, -0.05) is 34.1 Å². The quantitative estimate of drug-likeness (QED) is 0.728. The first kappa shape index (κ1) is 17.1. The molecule has 0 bridgehead atoms. The molecule has 0 radical (unpaired) electrons. The molecule has 3 rings (SSSR count). The van der Waals surface area contributed by atoms with E-state index >= 15 is 0 Å². The fourth-order valence-electron chi connectivity index (χ4n) is 3.61. The number of Topliss-reactive ketones (excluding diaryl/α,β-unsaturated/α-hetero) is 1. The predicted molar refractivity (Wildman–Crippen MR) is 96.0 cm³/mol. The molecule has 0 aromatic heterocycles. The van der Waals surface area contributed by atoms with Crippen molar-refractivity contribution in [3.05, 3.63) is 45.6 Å². The van der Waals surface area contributed by atoms with E-state index in [9.17, 15) is 9.59 Å². The summed E-state index contributed by atoms with van der Waals surface area (Å²) in [5, 5.41) is 0. The van der Waals surface area contributed by atoms with Crippen LogP contribution in [0.1, 0.15) is 44.6 Å². The molecule has 1 aromatic carbocycles. The highest BCUT2D eigenvalue weighted by Crippen LogP contribution is 2.45. The number of halogens is 1. The molecular formula is C19H20BrNO3. The highest BCUT2D eigenvalue weighted by atomic mass is 79.9. The van der Waals surface area contributed by atoms with Crippen molar-refractivity contribution in [2.24, 2.45) is 10.9 Å². The lowest BCUT2D eigenvalue weighted by Gasteiger charge is -2.34. The third-order valence-electron chi connectivity index (χ3n) is 4.62. The van der Waals surface area contributed by atoms with Gasteiger partial charge in [-0.2, -0.15) is 0 Å². The van der Waals surface area contributed by atoms with Gasteiger partial charge in [-0.25, -0.2) is 0 Å². The van der Waals surface area contributed by atoms with Gasteiger partial charge in [-0.05, 0) is 38.3 Å². The van der Waals surface area contributed by atoms with Crippen LogP contribution in [0.25, 0.3) is 0 Å². The highest BCUT2D eigenvalue weighted by Gasteiger charge is 2.43. The van der Waals surface area contributed by atoms with Crippen LogP contribution in [0.15, 0.2) is 45.0 Å². The van der Waals surface area contributed by atoms with Gasteiger partial charge in [0.15, 0.2) is 5.78 Å². The van der Waals surface area contributed by atoms with Gasteiger partial charge < -0.3 is 4.74 Å². The first-order chi connectivity index (χ1) is 11.5. The van der Waals surface area contributed by atoms with Crippen LogP contribution in [0.5, 0.6) is 0 Å². The molecule has 2 atom stereocenters. The fourth-order valence-corrected chi connectivity index (χ4v) is 4.14. The lowest BCUT2D eigenvalue weighted by atomic mass is 9.72. The highest BCUT2D eigenvalue weighted by molar-refractivity contribution is 9.10. The summed E-state index contributed by atoms with van der Waals surface area (Å²) in [6.45, 7) is 3.95. The summed E-state index contributed by atoms with van der Waals surface area (Å²) in [7, 11) is 0. The van der Waals surface area contributed by atoms with Crippen molar-refractivity contribution in [3.8, 4) is 0 Å². The van der Waals surface area contributed by atoms with Crippen LogP contribution in [0, 0.1) is 5.92 Å². The zero-order chi connectivity index (χ0) is 17.3. The van der Waals surface area contributed by atoms with Crippen molar-refractivity contribution in [1.82, 2.24) is 0 Å². The lowest BCUT2D eigenvalue weighted by Crippen LogP contribution is -2.37. The first-order valence-corrected chi connectivity index (χ1v) is 9.06. The topological polar surface area (TPSA) is 55.7 Å². The van der Waals surface area contributed by atoms with Gasteiger partial charge in [0.2, 0.25) is 0 Å². The van der Waals surface area contributed by atoms with Crippen LogP contribution >= 0.6 is 15.9 Å². The average Bonchev–Trinajstić information content (AvgIpc) is 2.54. The SMILES string of the molecule is CCOC(=O)C1C(C)=NC2=C(C(=O)CCC2)[C@@H]1c1ccccc1Br. The summed E-state index contributed by atoms with van der Waals surface area (Å²) in [5.74, 6) is -1.10. The summed E-state index contributed by atoms with van der Waals surface area (Å²) >= 11 is 3.58. The number of ether oxygens (including phenoxy) is 1. The molecule has 24 heavy (non-hydrogen) atoms. The second-order valence-electron chi connectivity index (χ2n) is 6.12. The van der Waals surface area contributed by atoms with Gasteiger partial charge in [-0.3, -0.25) is 14.6 Å². The Morgan fingerprint density at radius 2 is 2.08 bits per heavy atom. The van der Waals surface area contributed by atoms with Crippen LogP contribution in [0.2, 0.25) is 0 Å². The number of carbonyl (C=O) groups is 2. The Hall–Kier alpha value is -1.75. The molecule has 0 saturated carbocycles. The van der Waals surface area contributed by atoms with Crippen molar-refractivity contribution < 1.29 is 14.3 Å². The summed E-state index contributed by atoms with van der Waals surface area (Å²) in [4.78, 5) is 29.9. The van der Waals surface area contributed by atoms with E-state index < -0.39 is 5.92 Å². The normalized spacial score (nSPS) is 23.6. The third-order valence-corrected chi connectivity index (χ3v) is 5.34. The van der Waals surface area contributed by atoms with Gasteiger partial charge in [0.05, 0.1) is 6.61 Å². The number of hydrogen-bond acceptors (Lipinski definition) is 4. The number of rotatable bonds is 3. The lowest BCUT2D eigenvalue weighted by molar-refractivity contribution is -0.146. The maximum atomic E-state index is 12.7. The zero-order valence-electron chi connectivity index (χ0n) is 13.8. The monoisotopic (exact) mass is 389 g/mol. The third kappa shape index (κ3) is 2.97. The molecule has 0 fully saturated rings. The molecule has 0 amide bonds. The maximum absolute atomic E-state index is 12.7. The average molecular weight is 390 g/mol. The van der Waals surface area contributed by atoms with Gasteiger partial charge in [0.25, 0.3) is 0 Å². The molecule has 5 heteroatoms. The molecule has 0 N–H and O–H groups in total. The van der Waals surface area contributed by atoms with Crippen LogP contribution in [0.4, 0.5) is 0 Å². The molecule has 0 saturated heterocycles. The molecule has 1 aromatic rings. The molecular weight excluding hydrogens is 370 g/mol. The van der Waals surface area contributed by atoms with Crippen molar-refractivity contribution in [1.29, 1.82) is 0 Å². The van der Waals surface area contributed by atoms with Gasteiger partial charge in [-0.15, -0.1) is 0 Å². The second kappa shape index (κ2) is 7.01. The molecule has 126 valence electrons. The Balaban J connectivity index is 2.18. The van der Waals surface area contributed by atoms with Gasteiger partial charge in [0, 0.05) is 33.8 Å². The molecule has 2 aliphatic rings. The van der Waals surface area contributed by atoms with E-state index in [1.165, 1.54) is 0 Å². The minimum Gasteiger partial charge on any atom is -0.465 e. The van der Waals surface area contributed by atoms with Crippen molar-refractivity contribution in [2.75, 3.05) is 6.61 Å². The molecule has 1 heterocycles. The maximum Gasteiger partial charge on any atom is 0.315 e. The summed E-state index contributed by atoms with van der Waals surface area (Å²) < 4.78 is 6.18. The predicted octanol–water partition coefficient (Wildman–Crippen LogP) is 4.19. The minimum absolute atomic E-state index is 0.0996. The zero-order valence-corrected chi connectivity index (χ0v) is 15.4. The number of hydrogen-bond donors (Lipinski definition) is 0. The molecule has 1 unspecified atom stereocenters.